The molecule has 0 unspecified atom stereocenters. The van der Waals surface area contributed by atoms with Gasteiger partial charge in [0.25, 0.3) is 0 Å². The fraction of sp³-hybridized carbons (Fsp3) is 0.200. The molecule has 0 saturated carbocycles. The molecule has 2 rings (SSSR count). The smallest absolute Gasteiger partial charge is 0.159 e. The van der Waals surface area contributed by atoms with Gasteiger partial charge in [-0.05, 0) is 48.5 Å². The number of benzene rings is 2. The maximum Gasteiger partial charge on any atom is 0.159 e. The molecule has 0 aliphatic rings. The molecule has 0 bridgehead atoms. The van der Waals surface area contributed by atoms with E-state index in [0.29, 0.717) is 17.9 Å². The highest BCUT2D eigenvalue weighted by molar-refractivity contribution is 9.10. The summed E-state index contributed by atoms with van der Waals surface area (Å²) in [6, 6.07) is 9.37. The summed E-state index contributed by atoms with van der Waals surface area (Å²) >= 11 is 3.46. The van der Waals surface area contributed by atoms with Crippen LogP contribution in [-0.2, 0) is 13.2 Å². The van der Waals surface area contributed by atoms with Gasteiger partial charge in [0.05, 0.1) is 0 Å². The highest BCUT2D eigenvalue weighted by Crippen LogP contribution is 2.23. The summed E-state index contributed by atoms with van der Waals surface area (Å²) in [6.07, 6.45) is 0. The average Bonchev–Trinajstić information content (AvgIpc) is 2.43. The SMILES string of the molecule is CNCc1cc(OCc2ccc(F)c(F)c2)ccc1Br. The Morgan fingerprint density at radius 1 is 1.10 bits per heavy atom. The van der Waals surface area contributed by atoms with E-state index in [0.717, 1.165) is 22.2 Å². The Balaban J connectivity index is 2.06. The summed E-state index contributed by atoms with van der Waals surface area (Å²) in [5, 5.41) is 3.06. The molecule has 0 aromatic heterocycles. The first-order valence-electron chi connectivity index (χ1n) is 6.10. The van der Waals surface area contributed by atoms with E-state index in [9.17, 15) is 8.78 Å². The predicted molar refractivity (Wildman–Crippen MR) is 77.6 cm³/mol. The van der Waals surface area contributed by atoms with Crippen LogP contribution in [0.5, 0.6) is 5.75 Å². The molecule has 20 heavy (non-hydrogen) atoms. The van der Waals surface area contributed by atoms with Gasteiger partial charge in [-0.15, -0.1) is 0 Å². The lowest BCUT2D eigenvalue weighted by atomic mass is 10.2. The van der Waals surface area contributed by atoms with Crippen LogP contribution in [0.3, 0.4) is 0 Å². The highest BCUT2D eigenvalue weighted by atomic mass is 79.9. The lowest BCUT2D eigenvalue weighted by Crippen LogP contribution is -2.06. The second kappa shape index (κ2) is 6.81. The Morgan fingerprint density at radius 3 is 2.60 bits per heavy atom. The molecule has 2 nitrogen and oxygen atoms in total. The summed E-state index contributed by atoms with van der Waals surface area (Å²) in [7, 11) is 1.86. The van der Waals surface area contributed by atoms with Gasteiger partial charge in [0.2, 0.25) is 0 Å². The van der Waals surface area contributed by atoms with Crippen molar-refractivity contribution in [2.24, 2.45) is 0 Å². The number of rotatable bonds is 5. The standard InChI is InChI=1S/C15H14BrF2NO/c1-19-8-11-7-12(3-4-13(11)16)20-9-10-2-5-14(17)15(18)6-10/h2-7,19H,8-9H2,1H3. The van der Waals surface area contributed by atoms with Crippen molar-refractivity contribution in [3.05, 3.63) is 63.6 Å². The third-order valence-corrected chi connectivity index (χ3v) is 3.55. The Bertz CT molecular complexity index is 604. The van der Waals surface area contributed by atoms with E-state index in [-0.39, 0.29) is 6.61 Å². The normalized spacial score (nSPS) is 10.6. The van der Waals surface area contributed by atoms with Gasteiger partial charge in [-0.2, -0.15) is 0 Å². The fourth-order valence-corrected chi connectivity index (χ4v) is 2.15. The molecule has 0 spiro atoms. The molecule has 5 heteroatoms. The van der Waals surface area contributed by atoms with Gasteiger partial charge < -0.3 is 10.1 Å². The quantitative estimate of drug-likeness (QED) is 0.886. The average molecular weight is 342 g/mol. The molecule has 0 fully saturated rings. The minimum atomic E-state index is -0.863. The first-order valence-corrected chi connectivity index (χ1v) is 6.89. The summed E-state index contributed by atoms with van der Waals surface area (Å²) in [5.41, 5.74) is 1.65. The second-order valence-electron chi connectivity index (χ2n) is 4.32. The molecule has 0 heterocycles. The minimum Gasteiger partial charge on any atom is -0.489 e. The van der Waals surface area contributed by atoms with E-state index in [1.54, 1.807) is 0 Å². The Morgan fingerprint density at radius 2 is 1.90 bits per heavy atom. The largest absolute Gasteiger partial charge is 0.489 e. The van der Waals surface area contributed by atoms with Gasteiger partial charge in [0.1, 0.15) is 12.4 Å². The Hall–Kier alpha value is -1.46. The van der Waals surface area contributed by atoms with E-state index >= 15 is 0 Å². The molecule has 2 aromatic rings. The fourth-order valence-electron chi connectivity index (χ4n) is 1.76. The molecule has 0 atom stereocenters. The third kappa shape index (κ3) is 3.77. The van der Waals surface area contributed by atoms with Crippen LogP contribution in [0.15, 0.2) is 40.9 Å². The van der Waals surface area contributed by atoms with Gasteiger partial charge in [0, 0.05) is 11.0 Å². The zero-order valence-electron chi connectivity index (χ0n) is 10.9. The van der Waals surface area contributed by atoms with Gasteiger partial charge in [-0.1, -0.05) is 22.0 Å². The van der Waals surface area contributed by atoms with Crippen LogP contribution in [0, 0.1) is 11.6 Å². The van der Waals surface area contributed by atoms with Crippen LogP contribution in [-0.4, -0.2) is 7.05 Å². The predicted octanol–water partition coefficient (Wildman–Crippen LogP) is 4.03. The number of hydrogen-bond acceptors (Lipinski definition) is 2. The van der Waals surface area contributed by atoms with Crippen molar-refractivity contribution in [2.45, 2.75) is 13.2 Å². The van der Waals surface area contributed by atoms with E-state index in [2.05, 4.69) is 21.2 Å². The summed E-state index contributed by atoms with van der Waals surface area (Å²) < 4.78 is 32.5. The lowest BCUT2D eigenvalue weighted by Gasteiger charge is -2.10. The summed E-state index contributed by atoms with van der Waals surface area (Å²) in [4.78, 5) is 0. The minimum absolute atomic E-state index is 0.192. The molecule has 106 valence electrons. The molecule has 0 aliphatic carbocycles. The molecule has 0 saturated heterocycles. The van der Waals surface area contributed by atoms with Crippen molar-refractivity contribution in [3.63, 3.8) is 0 Å². The number of nitrogens with one attached hydrogen (secondary N) is 1. The summed E-state index contributed by atoms with van der Waals surface area (Å²) in [5.74, 6) is -1.03. The van der Waals surface area contributed by atoms with Gasteiger partial charge in [-0.3, -0.25) is 0 Å². The van der Waals surface area contributed by atoms with Crippen molar-refractivity contribution < 1.29 is 13.5 Å². The van der Waals surface area contributed by atoms with Crippen molar-refractivity contribution in [3.8, 4) is 5.75 Å². The van der Waals surface area contributed by atoms with Gasteiger partial charge in [0.15, 0.2) is 11.6 Å². The maximum absolute atomic E-state index is 13.1. The van der Waals surface area contributed by atoms with Crippen molar-refractivity contribution in [1.82, 2.24) is 5.32 Å². The van der Waals surface area contributed by atoms with Crippen LogP contribution < -0.4 is 10.1 Å². The Labute approximate surface area is 124 Å². The lowest BCUT2D eigenvalue weighted by molar-refractivity contribution is 0.304. The van der Waals surface area contributed by atoms with E-state index in [4.69, 9.17) is 4.74 Å². The van der Waals surface area contributed by atoms with Crippen molar-refractivity contribution in [1.29, 1.82) is 0 Å². The van der Waals surface area contributed by atoms with Crippen LogP contribution >= 0.6 is 15.9 Å². The second-order valence-corrected chi connectivity index (χ2v) is 5.18. The monoisotopic (exact) mass is 341 g/mol. The molecular formula is C15H14BrF2NO. The van der Waals surface area contributed by atoms with Crippen LogP contribution in [0.4, 0.5) is 8.78 Å². The van der Waals surface area contributed by atoms with Gasteiger partial charge in [-0.25, -0.2) is 8.78 Å². The maximum atomic E-state index is 13.1. The van der Waals surface area contributed by atoms with Crippen molar-refractivity contribution >= 4 is 15.9 Å². The highest BCUT2D eigenvalue weighted by Gasteiger charge is 2.05. The van der Waals surface area contributed by atoms with E-state index in [1.807, 2.05) is 25.2 Å². The molecule has 0 amide bonds. The molecular weight excluding hydrogens is 328 g/mol. The van der Waals surface area contributed by atoms with Crippen LogP contribution in [0.2, 0.25) is 0 Å². The molecule has 0 aliphatic heterocycles. The van der Waals surface area contributed by atoms with Gasteiger partial charge >= 0.3 is 0 Å². The molecule has 0 radical (unpaired) electrons. The Kier molecular flexibility index (Phi) is 5.09. The third-order valence-electron chi connectivity index (χ3n) is 2.77. The number of hydrogen-bond donors (Lipinski definition) is 1. The molecule has 1 N–H and O–H groups in total. The van der Waals surface area contributed by atoms with E-state index < -0.39 is 11.6 Å². The number of halogens is 3. The topological polar surface area (TPSA) is 21.3 Å². The van der Waals surface area contributed by atoms with Crippen LogP contribution in [0.25, 0.3) is 0 Å². The van der Waals surface area contributed by atoms with Crippen LogP contribution in [0.1, 0.15) is 11.1 Å². The van der Waals surface area contributed by atoms with E-state index in [1.165, 1.54) is 6.07 Å². The first-order chi connectivity index (χ1) is 9.60. The number of ether oxygens (including phenoxy) is 1. The van der Waals surface area contributed by atoms with Crippen molar-refractivity contribution in [2.75, 3.05) is 7.05 Å². The zero-order chi connectivity index (χ0) is 14.5. The summed E-state index contributed by atoms with van der Waals surface area (Å²) in [6.45, 7) is 0.904. The zero-order valence-corrected chi connectivity index (χ0v) is 12.5. The first kappa shape index (κ1) is 14.9. The molecule has 2 aromatic carbocycles.